The van der Waals surface area contributed by atoms with E-state index in [-0.39, 0.29) is 4.90 Å². The Morgan fingerprint density at radius 1 is 1.31 bits per heavy atom. The van der Waals surface area contributed by atoms with Crippen LogP contribution in [0.25, 0.3) is 0 Å². The summed E-state index contributed by atoms with van der Waals surface area (Å²) in [7, 11) is -3.77. The molecule has 72 valence electrons. The Hall–Kier alpha value is -0.910. The van der Waals surface area contributed by atoms with Crippen molar-refractivity contribution in [1.29, 1.82) is 0 Å². The molecule has 1 aromatic carbocycles. The van der Waals surface area contributed by atoms with Crippen molar-refractivity contribution in [3.8, 4) is 0 Å². The Bertz CT molecular complexity index is 411. The van der Waals surface area contributed by atoms with E-state index in [4.69, 9.17) is 0 Å². The second-order valence-electron chi connectivity index (χ2n) is 2.75. The Morgan fingerprint density at radius 3 is 2.46 bits per heavy atom. The highest BCUT2D eigenvalue weighted by atomic mass is 32.2. The van der Waals surface area contributed by atoms with Gasteiger partial charge in [0.05, 0.1) is 4.90 Å². The third-order valence-corrected chi connectivity index (χ3v) is 3.19. The zero-order chi connectivity index (χ0) is 10.1. The molecule has 0 aromatic heterocycles. The maximum atomic E-state index is 11.2. The van der Waals surface area contributed by atoms with E-state index >= 15 is 0 Å². The molecule has 0 aliphatic carbocycles. The highest BCUT2D eigenvalue weighted by Gasteiger charge is 2.16. The second kappa shape index (κ2) is 3.45. The molecule has 0 amide bonds. The number of rotatable bonds is 2. The van der Waals surface area contributed by atoms with E-state index in [1.807, 2.05) is 13.0 Å². The summed E-state index contributed by atoms with van der Waals surface area (Å²) in [6.07, 6.45) is 0. The first-order chi connectivity index (χ1) is 5.99. The predicted octanol–water partition coefficient (Wildman–Crippen LogP) is 0.882. The zero-order valence-electron chi connectivity index (χ0n) is 7.44. The third kappa shape index (κ3) is 1.88. The fourth-order valence-corrected chi connectivity index (χ4v) is 1.93. The van der Waals surface area contributed by atoms with E-state index < -0.39 is 10.1 Å². The van der Waals surface area contributed by atoms with Crippen LogP contribution in [0, 0.1) is 13.8 Å². The summed E-state index contributed by atoms with van der Waals surface area (Å²) in [4.78, 5) is 0.120. The number of hydrogen-bond donors (Lipinski definition) is 1. The van der Waals surface area contributed by atoms with Crippen molar-refractivity contribution in [2.75, 3.05) is 0 Å². The normalized spacial score (nSPS) is 11.6. The van der Waals surface area contributed by atoms with Gasteiger partial charge < -0.3 is 0 Å². The van der Waals surface area contributed by atoms with Crippen LogP contribution in [0.4, 0.5) is 0 Å². The van der Waals surface area contributed by atoms with Crippen LogP contribution < -0.4 is 5.90 Å². The first-order valence-corrected chi connectivity index (χ1v) is 5.09. The Morgan fingerprint density at radius 2 is 1.92 bits per heavy atom. The van der Waals surface area contributed by atoms with Crippen molar-refractivity contribution >= 4 is 10.1 Å². The predicted molar refractivity (Wildman–Crippen MR) is 48.4 cm³/mol. The minimum Gasteiger partial charge on any atom is -0.197 e. The SMILES string of the molecule is Cc1cccc(S(=O)(=O)ON)c1C. The minimum absolute atomic E-state index is 0.120. The van der Waals surface area contributed by atoms with Gasteiger partial charge in [-0.25, -0.2) is 0 Å². The lowest BCUT2D eigenvalue weighted by atomic mass is 10.1. The highest BCUT2D eigenvalue weighted by molar-refractivity contribution is 7.86. The summed E-state index contributed by atoms with van der Waals surface area (Å²) in [5.74, 6) is 4.67. The number of nitrogens with two attached hydrogens (primary N) is 1. The maximum Gasteiger partial charge on any atom is 0.312 e. The molecule has 4 nitrogen and oxygen atoms in total. The number of aryl methyl sites for hydroxylation is 1. The van der Waals surface area contributed by atoms with Crippen molar-refractivity contribution in [2.45, 2.75) is 18.7 Å². The standard InChI is InChI=1S/C8H11NO3S/c1-6-4-3-5-8(7(6)2)13(10,11)12-9/h3-5H,9H2,1-2H3. The van der Waals surface area contributed by atoms with Gasteiger partial charge >= 0.3 is 10.1 Å². The summed E-state index contributed by atoms with van der Waals surface area (Å²) < 4.78 is 26.4. The topological polar surface area (TPSA) is 69.4 Å². The average molecular weight is 201 g/mol. The average Bonchev–Trinajstić information content (AvgIpc) is 2.09. The molecular weight excluding hydrogens is 190 g/mol. The molecule has 0 bridgehead atoms. The molecule has 0 spiro atoms. The van der Waals surface area contributed by atoms with Crippen LogP contribution in [0.1, 0.15) is 11.1 Å². The van der Waals surface area contributed by atoms with Crippen molar-refractivity contribution < 1.29 is 12.7 Å². The highest BCUT2D eigenvalue weighted by Crippen LogP contribution is 2.18. The summed E-state index contributed by atoms with van der Waals surface area (Å²) in [5.41, 5.74) is 1.55. The lowest BCUT2D eigenvalue weighted by Gasteiger charge is -2.06. The molecule has 0 heterocycles. The van der Waals surface area contributed by atoms with Gasteiger partial charge in [-0.2, -0.15) is 18.6 Å². The third-order valence-electron chi connectivity index (χ3n) is 1.95. The summed E-state index contributed by atoms with van der Waals surface area (Å²) in [6, 6.07) is 4.93. The molecule has 0 aliphatic rings. The fourth-order valence-electron chi connectivity index (χ4n) is 1.05. The molecule has 1 aromatic rings. The Labute approximate surface area is 77.4 Å². The first kappa shape index (κ1) is 10.2. The maximum absolute atomic E-state index is 11.2. The molecule has 2 N–H and O–H groups in total. The molecule has 0 atom stereocenters. The molecule has 13 heavy (non-hydrogen) atoms. The van der Waals surface area contributed by atoms with Crippen LogP contribution in [-0.4, -0.2) is 8.42 Å². The van der Waals surface area contributed by atoms with E-state index in [9.17, 15) is 8.42 Å². The lowest BCUT2D eigenvalue weighted by molar-refractivity contribution is 0.332. The summed E-state index contributed by atoms with van der Waals surface area (Å²) in [5, 5.41) is 0. The van der Waals surface area contributed by atoms with Gasteiger partial charge in [0.15, 0.2) is 0 Å². The Balaban J connectivity index is 3.40. The van der Waals surface area contributed by atoms with Crippen LogP contribution in [0.5, 0.6) is 0 Å². The minimum atomic E-state index is -3.77. The van der Waals surface area contributed by atoms with E-state index in [1.54, 1.807) is 13.0 Å². The fraction of sp³-hybridized carbons (Fsp3) is 0.250. The van der Waals surface area contributed by atoms with Crippen LogP contribution in [-0.2, 0) is 14.4 Å². The van der Waals surface area contributed by atoms with E-state index in [1.165, 1.54) is 6.07 Å². The molecule has 0 saturated carbocycles. The van der Waals surface area contributed by atoms with Crippen molar-refractivity contribution in [1.82, 2.24) is 0 Å². The van der Waals surface area contributed by atoms with E-state index in [0.717, 1.165) is 5.56 Å². The molecule has 0 aliphatic heterocycles. The quantitative estimate of drug-likeness (QED) is 0.721. The van der Waals surface area contributed by atoms with E-state index in [2.05, 4.69) is 10.2 Å². The van der Waals surface area contributed by atoms with Gasteiger partial charge in [-0.15, -0.1) is 0 Å². The van der Waals surface area contributed by atoms with Crippen LogP contribution in [0.3, 0.4) is 0 Å². The van der Waals surface area contributed by atoms with Crippen LogP contribution >= 0.6 is 0 Å². The van der Waals surface area contributed by atoms with Gasteiger partial charge in [-0.1, -0.05) is 12.1 Å². The summed E-state index contributed by atoms with van der Waals surface area (Å²) >= 11 is 0. The van der Waals surface area contributed by atoms with Crippen molar-refractivity contribution in [3.63, 3.8) is 0 Å². The lowest BCUT2D eigenvalue weighted by Crippen LogP contribution is -2.12. The van der Waals surface area contributed by atoms with Gasteiger partial charge in [0.1, 0.15) is 0 Å². The number of benzene rings is 1. The van der Waals surface area contributed by atoms with Crippen LogP contribution in [0.2, 0.25) is 0 Å². The van der Waals surface area contributed by atoms with E-state index in [0.29, 0.717) is 5.56 Å². The smallest absolute Gasteiger partial charge is 0.197 e. The molecular formula is C8H11NO3S. The molecule has 0 fully saturated rings. The summed E-state index contributed by atoms with van der Waals surface area (Å²) in [6.45, 7) is 3.53. The Kier molecular flexibility index (Phi) is 2.70. The molecule has 0 saturated heterocycles. The second-order valence-corrected chi connectivity index (χ2v) is 4.29. The molecule has 5 heteroatoms. The van der Waals surface area contributed by atoms with Crippen molar-refractivity contribution in [3.05, 3.63) is 29.3 Å². The zero-order valence-corrected chi connectivity index (χ0v) is 8.26. The van der Waals surface area contributed by atoms with Gasteiger partial charge in [-0.05, 0) is 31.0 Å². The number of hydrogen-bond acceptors (Lipinski definition) is 4. The van der Waals surface area contributed by atoms with Gasteiger partial charge in [0.2, 0.25) is 0 Å². The van der Waals surface area contributed by atoms with Crippen molar-refractivity contribution in [2.24, 2.45) is 5.90 Å². The molecule has 1 rings (SSSR count). The monoisotopic (exact) mass is 201 g/mol. The first-order valence-electron chi connectivity index (χ1n) is 3.68. The van der Waals surface area contributed by atoms with Gasteiger partial charge in [0.25, 0.3) is 0 Å². The van der Waals surface area contributed by atoms with Crippen LogP contribution in [0.15, 0.2) is 23.1 Å². The molecule has 0 radical (unpaired) electrons. The van der Waals surface area contributed by atoms with Gasteiger partial charge in [0, 0.05) is 0 Å². The molecule has 0 unspecified atom stereocenters. The van der Waals surface area contributed by atoms with Gasteiger partial charge in [-0.3, -0.25) is 0 Å². The largest absolute Gasteiger partial charge is 0.312 e.